The first-order valence-electron chi connectivity index (χ1n) is 6.26. The number of rotatable bonds is 2. The van der Waals surface area contributed by atoms with Crippen LogP contribution < -0.4 is 5.32 Å². The third-order valence-electron chi connectivity index (χ3n) is 3.16. The predicted octanol–water partition coefficient (Wildman–Crippen LogP) is 0.537. The Kier molecular flexibility index (Phi) is 5.08. The molecular formula is C12H22N2O3. The number of nitrogens with zero attached hydrogens (tertiary/aromatic N) is 1. The molecule has 0 aromatic rings. The van der Waals surface area contributed by atoms with Gasteiger partial charge in [-0.1, -0.05) is 13.8 Å². The molecule has 2 aliphatic heterocycles. The summed E-state index contributed by atoms with van der Waals surface area (Å²) >= 11 is 0. The molecule has 5 heteroatoms. The van der Waals surface area contributed by atoms with E-state index in [4.69, 9.17) is 4.74 Å². The minimum Gasteiger partial charge on any atom is -0.356 e. The normalized spacial score (nSPS) is 31.6. The van der Waals surface area contributed by atoms with Gasteiger partial charge in [-0.05, 0) is 26.8 Å². The summed E-state index contributed by atoms with van der Waals surface area (Å²) in [5.41, 5.74) is 0. The molecule has 1 N–H and O–H groups in total. The van der Waals surface area contributed by atoms with E-state index in [2.05, 4.69) is 5.32 Å². The lowest BCUT2D eigenvalue weighted by Gasteiger charge is -2.37. The molecule has 1 amide bonds. The summed E-state index contributed by atoms with van der Waals surface area (Å²) in [5, 5.41) is 2.90. The molecule has 0 aromatic carbocycles. The van der Waals surface area contributed by atoms with Gasteiger partial charge < -0.3 is 15.0 Å². The Balaban J connectivity index is 0.000000686. The molecular weight excluding hydrogens is 220 g/mol. The van der Waals surface area contributed by atoms with Gasteiger partial charge in [-0.3, -0.25) is 9.59 Å². The monoisotopic (exact) mass is 242 g/mol. The number of amides is 1. The minimum absolute atomic E-state index is 0.00792. The lowest BCUT2D eigenvalue weighted by molar-refractivity contribution is -0.165. The van der Waals surface area contributed by atoms with E-state index in [1.54, 1.807) is 11.9 Å². The maximum Gasteiger partial charge on any atom is 0.244 e. The van der Waals surface area contributed by atoms with E-state index in [-0.39, 0.29) is 30.0 Å². The maximum atomic E-state index is 12.0. The van der Waals surface area contributed by atoms with Crippen LogP contribution in [0.15, 0.2) is 0 Å². The summed E-state index contributed by atoms with van der Waals surface area (Å²) in [7, 11) is 1.73. The fourth-order valence-electron chi connectivity index (χ4n) is 2.30. The van der Waals surface area contributed by atoms with Crippen LogP contribution in [0.1, 0.15) is 33.6 Å². The van der Waals surface area contributed by atoms with Crippen LogP contribution in [0.5, 0.6) is 0 Å². The Bertz CT molecular complexity index is 293. The summed E-state index contributed by atoms with van der Waals surface area (Å²) in [6, 6.07) is -0.583. The lowest BCUT2D eigenvalue weighted by atomic mass is 10.1. The third kappa shape index (κ3) is 2.66. The molecule has 0 aliphatic carbocycles. The standard InChI is InChI=1S/C10H16N2O3.C2H6/c1-6(13)8-3-4-9-12(8)10(14)7(11-2)5-15-9;1-2/h7-9,11H,3-5H2,1-2H3;1-2H3. The van der Waals surface area contributed by atoms with Crippen molar-refractivity contribution in [3.05, 3.63) is 0 Å². The van der Waals surface area contributed by atoms with Crippen LogP contribution in [-0.2, 0) is 14.3 Å². The zero-order valence-electron chi connectivity index (χ0n) is 11.0. The van der Waals surface area contributed by atoms with Crippen LogP contribution in [0.3, 0.4) is 0 Å². The van der Waals surface area contributed by atoms with Gasteiger partial charge in [0.25, 0.3) is 0 Å². The number of hydrogen-bond donors (Lipinski definition) is 1. The van der Waals surface area contributed by atoms with Crippen molar-refractivity contribution in [3.63, 3.8) is 0 Å². The van der Waals surface area contributed by atoms with Crippen LogP contribution >= 0.6 is 0 Å². The fraction of sp³-hybridized carbons (Fsp3) is 0.833. The van der Waals surface area contributed by atoms with Crippen LogP contribution in [0, 0.1) is 0 Å². The first-order valence-corrected chi connectivity index (χ1v) is 6.26. The SMILES string of the molecule is CC.CNC1COC2CCC(C(C)=O)N2C1=O. The molecule has 0 radical (unpaired) electrons. The largest absolute Gasteiger partial charge is 0.356 e. The molecule has 0 saturated carbocycles. The summed E-state index contributed by atoms with van der Waals surface area (Å²) < 4.78 is 5.55. The number of carbonyl (C=O) groups is 2. The highest BCUT2D eigenvalue weighted by Gasteiger charge is 2.45. The maximum absolute atomic E-state index is 12.0. The molecule has 98 valence electrons. The molecule has 0 spiro atoms. The van der Waals surface area contributed by atoms with Crippen molar-refractivity contribution in [3.8, 4) is 0 Å². The molecule has 2 fully saturated rings. The zero-order valence-corrected chi connectivity index (χ0v) is 11.0. The van der Waals surface area contributed by atoms with Crippen molar-refractivity contribution in [1.29, 1.82) is 0 Å². The number of carbonyl (C=O) groups excluding carboxylic acids is 2. The molecule has 2 aliphatic rings. The lowest BCUT2D eigenvalue weighted by Crippen LogP contribution is -2.58. The Hall–Kier alpha value is -0.940. The smallest absolute Gasteiger partial charge is 0.244 e. The number of Topliss-reactive ketones (excluding diaryl/α,β-unsaturated/α-hetero) is 1. The Labute approximate surface area is 102 Å². The summed E-state index contributed by atoms with van der Waals surface area (Å²) in [6.45, 7) is 5.93. The zero-order chi connectivity index (χ0) is 13.0. The van der Waals surface area contributed by atoms with E-state index in [0.29, 0.717) is 6.61 Å². The number of ether oxygens (including phenoxy) is 1. The second-order valence-electron chi connectivity index (χ2n) is 4.08. The highest BCUT2D eigenvalue weighted by Crippen LogP contribution is 2.29. The second kappa shape index (κ2) is 6.12. The number of hydrogen-bond acceptors (Lipinski definition) is 4. The van der Waals surface area contributed by atoms with Gasteiger partial charge in [0.15, 0.2) is 5.78 Å². The van der Waals surface area contributed by atoms with E-state index in [1.807, 2.05) is 13.8 Å². The minimum atomic E-state index is -0.304. The van der Waals surface area contributed by atoms with E-state index in [0.717, 1.165) is 12.8 Å². The van der Waals surface area contributed by atoms with Crippen molar-refractivity contribution < 1.29 is 14.3 Å². The number of likely N-dealkylation sites (N-methyl/N-ethyl adjacent to an activating group) is 1. The first kappa shape index (κ1) is 14.1. The van der Waals surface area contributed by atoms with Crippen molar-refractivity contribution >= 4 is 11.7 Å². The first-order chi connectivity index (χ1) is 8.15. The van der Waals surface area contributed by atoms with Gasteiger partial charge in [0.05, 0.1) is 12.6 Å². The molecule has 5 nitrogen and oxygen atoms in total. The second-order valence-corrected chi connectivity index (χ2v) is 4.08. The highest BCUT2D eigenvalue weighted by molar-refractivity contribution is 5.90. The molecule has 3 atom stereocenters. The van der Waals surface area contributed by atoms with Crippen LogP contribution in [-0.4, -0.2) is 48.6 Å². The molecule has 0 bridgehead atoms. The van der Waals surface area contributed by atoms with Gasteiger partial charge in [0, 0.05) is 0 Å². The van der Waals surface area contributed by atoms with Crippen LogP contribution in [0.4, 0.5) is 0 Å². The van der Waals surface area contributed by atoms with Crippen LogP contribution in [0.2, 0.25) is 0 Å². The van der Waals surface area contributed by atoms with Gasteiger partial charge >= 0.3 is 0 Å². The topological polar surface area (TPSA) is 58.6 Å². The van der Waals surface area contributed by atoms with E-state index >= 15 is 0 Å². The molecule has 3 unspecified atom stereocenters. The van der Waals surface area contributed by atoms with Crippen molar-refractivity contribution in [2.45, 2.75) is 51.9 Å². The molecule has 2 saturated heterocycles. The van der Waals surface area contributed by atoms with Crippen molar-refractivity contribution in [2.75, 3.05) is 13.7 Å². The third-order valence-corrected chi connectivity index (χ3v) is 3.16. The van der Waals surface area contributed by atoms with Gasteiger partial charge in [-0.2, -0.15) is 0 Å². The summed E-state index contributed by atoms with van der Waals surface area (Å²) in [4.78, 5) is 25.0. The average molecular weight is 242 g/mol. The van der Waals surface area contributed by atoms with Gasteiger partial charge in [0.2, 0.25) is 5.91 Å². The van der Waals surface area contributed by atoms with Gasteiger partial charge in [0.1, 0.15) is 12.3 Å². The van der Waals surface area contributed by atoms with E-state index < -0.39 is 0 Å². The number of nitrogens with one attached hydrogen (secondary N) is 1. The van der Waals surface area contributed by atoms with E-state index in [1.165, 1.54) is 6.92 Å². The molecule has 2 heterocycles. The predicted molar refractivity (Wildman–Crippen MR) is 64.5 cm³/mol. The summed E-state index contributed by atoms with van der Waals surface area (Å²) in [6.07, 6.45) is 1.31. The van der Waals surface area contributed by atoms with Gasteiger partial charge in [-0.15, -0.1) is 0 Å². The Morgan fingerprint density at radius 2 is 2.06 bits per heavy atom. The fourth-order valence-corrected chi connectivity index (χ4v) is 2.30. The number of ketones is 1. The highest BCUT2D eigenvalue weighted by atomic mass is 16.5. The quantitative estimate of drug-likeness (QED) is 0.767. The molecule has 2 rings (SSSR count). The summed E-state index contributed by atoms with van der Waals surface area (Å²) in [5.74, 6) is 0.0395. The van der Waals surface area contributed by atoms with E-state index in [9.17, 15) is 9.59 Å². The number of fused-ring (bicyclic) bond motifs is 1. The van der Waals surface area contributed by atoms with Crippen molar-refractivity contribution in [1.82, 2.24) is 10.2 Å². The Morgan fingerprint density at radius 3 is 2.59 bits per heavy atom. The average Bonchev–Trinajstić information content (AvgIpc) is 2.77. The molecule has 17 heavy (non-hydrogen) atoms. The molecule has 0 aromatic heterocycles. The van der Waals surface area contributed by atoms with Crippen molar-refractivity contribution in [2.24, 2.45) is 0 Å². The van der Waals surface area contributed by atoms with Crippen LogP contribution in [0.25, 0.3) is 0 Å². The Morgan fingerprint density at radius 1 is 1.41 bits per heavy atom. The van der Waals surface area contributed by atoms with Gasteiger partial charge in [-0.25, -0.2) is 0 Å².